The number of benzene rings is 1. The Morgan fingerprint density at radius 1 is 1.36 bits per heavy atom. The zero-order valence-corrected chi connectivity index (χ0v) is 13.9. The number of nitrogens with zero attached hydrogens (tertiary/aromatic N) is 3. The third kappa shape index (κ3) is 3.41. The maximum atomic E-state index is 13.8. The SMILES string of the molecule is Cn1cc2c(=O)cc(SCc3cccc(F)c3F)n(CC(=O)O)c2n1. The number of hydrogen-bond acceptors (Lipinski definition) is 4. The second kappa shape index (κ2) is 6.67. The van der Waals surface area contributed by atoms with Gasteiger partial charge in [-0.1, -0.05) is 12.1 Å². The minimum atomic E-state index is -1.10. The van der Waals surface area contributed by atoms with Crippen molar-refractivity contribution in [3.8, 4) is 0 Å². The number of carbonyl (C=O) groups is 1. The molecule has 0 aliphatic rings. The lowest BCUT2D eigenvalue weighted by Crippen LogP contribution is -2.16. The lowest BCUT2D eigenvalue weighted by atomic mass is 10.2. The van der Waals surface area contributed by atoms with Gasteiger partial charge in [0.1, 0.15) is 6.54 Å². The van der Waals surface area contributed by atoms with Crippen LogP contribution < -0.4 is 5.43 Å². The predicted octanol–water partition coefficient (Wildman–Crippen LogP) is 2.39. The van der Waals surface area contributed by atoms with Crippen LogP contribution in [0.1, 0.15) is 5.56 Å². The van der Waals surface area contributed by atoms with E-state index in [9.17, 15) is 18.4 Å². The summed E-state index contributed by atoms with van der Waals surface area (Å²) in [7, 11) is 1.62. The summed E-state index contributed by atoms with van der Waals surface area (Å²) in [5.74, 6) is -2.97. The fourth-order valence-electron chi connectivity index (χ4n) is 2.44. The smallest absolute Gasteiger partial charge is 0.323 e. The van der Waals surface area contributed by atoms with Gasteiger partial charge in [-0.3, -0.25) is 14.3 Å². The number of aliphatic carboxylic acids is 1. The molecule has 0 spiro atoms. The van der Waals surface area contributed by atoms with Crippen molar-refractivity contribution in [2.75, 3.05) is 0 Å². The molecule has 1 N–H and O–H groups in total. The summed E-state index contributed by atoms with van der Waals surface area (Å²) in [6, 6.07) is 5.13. The fraction of sp³-hybridized carbons (Fsp3) is 0.188. The summed E-state index contributed by atoms with van der Waals surface area (Å²) < 4.78 is 29.9. The van der Waals surface area contributed by atoms with Crippen LogP contribution >= 0.6 is 11.8 Å². The molecule has 0 aliphatic heterocycles. The zero-order chi connectivity index (χ0) is 18.1. The standard InChI is InChI=1S/C16H13F2N3O3S/c1-20-6-10-12(22)5-13(21(7-14(23)24)16(10)19-20)25-8-9-3-2-4-11(17)15(9)18/h2-6H,7-8H2,1H3,(H,23,24). The summed E-state index contributed by atoms with van der Waals surface area (Å²) in [5.41, 5.74) is 0.0482. The highest BCUT2D eigenvalue weighted by atomic mass is 32.2. The molecule has 9 heteroatoms. The van der Waals surface area contributed by atoms with E-state index in [4.69, 9.17) is 5.11 Å². The van der Waals surface area contributed by atoms with Gasteiger partial charge in [-0.2, -0.15) is 5.10 Å². The monoisotopic (exact) mass is 365 g/mol. The van der Waals surface area contributed by atoms with Crippen molar-refractivity contribution in [3.63, 3.8) is 0 Å². The Bertz CT molecular complexity index is 1030. The van der Waals surface area contributed by atoms with E-state index in [2.05, 4.69) is 5.10 Å². The van der Waals surface area contributed by atoms with E-state index in [1.807, 2.05) is 0 Å². The number of pyridine rings is 1. The lowest BCUT2D eigenvalue weighted by molar-refractivity contribution is -0.137. The van der Waals surface area contributed by atoms with E-state index in [1.54, 1.807) is 7.05 Å². The average Bonchev–Trinajstić information content (AvgIpc) is 2.94. The molecule has 0 radical (unpaired) electrons. The normalized spacial score (nSPS) is 11.2. The predicted molar refractivity (Wildman–Crippen MR) is 88.5 cm³/mol. The van der Waals surface area contributed by atoms with Crippen molar-refractivity contribution >= 4 is 28.8 Å². The Kier molecular flexibility index (Phi) is 4.58. The molecule has 0 atom stereocenters. The maximum absolute atomic E-state index is 13.8. The van der Waals surface area contributed by atoms with Crippen LogP contribution in [0.4, 0.5) is 8.78 Å². The van der Waals surface area contributed by atoms with Gasteiger partial charge in [0.2, 0.25) is 0 Å². The first-order chi connectivity index (χ1) is 11.9. The van der Waals surface area contributed by atoms with Gasteiger partial charge in [0.05, 0.1) is 10.4 Å². The highest BCUT2D eigenvalue weighted by Gasteiger charge is 2.16. The molecule has 1 aromatic carbocycles. The van der Waals surface area contributed by atoms with Crippen molar-refractivity contribution in [2.45, 2.75) is 17.3 Å². The molecule has 130 valence electrons. The van der Waals surface area contributed by atoms with Crippen LogP contribution in [0.15, 0.2) is 40.3 Å². The number of halogens is 2. The number of hydrogen-bond donors (Lipinski definition) is 1. The number of rotatable bonds is 5. The second-order valence-corrected chi connectivity index (χ2v) is 6.36. The van der Waals surface area contributed by atoms with Gasteiger partial charge in [-0.15, -0.1) is 11.8 Å². The summed E-state index contributed by atoms with van der Waals surface area (Å²) in [6.07, 6.45) is 1.51. The molecule has 0 fully saturated rings. The minimum absolute atomic E-state index is 0.0427. The molecule has 25 heavy (non-hydrogen) atoms. The molecular formula is C16H13F2N3O3S. The van der Waals surface area contributed by atoms with E-state index >= 15 is 0 Å². The van der Waals surface area contributed by atoms with E-state index in [-0.39, 0.29) is 22.4 Å². The van der Waals surface area contributed by atoms with Gasteiger partial charge >= 0.3 is 5.97 Å². The van der Waals surface area contributed by atoms with Crippen molar-refractivity contribution in [1.29, 1.82) is 0 Å². The third-order valence-electron chi connectivity index (χ3n) is 3.55. The number of fused-ring (bicyclic) bond motifs is 1. The number of aromatic nitrogens is 3. The van der Waals surface area contributed by atoms with E-state index in [0.29, 0.717) is 10.4 Å². The van der Waals surface area contributed by atoms with Gasteiger partial charge in [-0.05, 0) is 6.07 Å². The Morgan fingerprint density at radius 2 is 2.12 bits per heavy atom. The highest BCUT2D eigenvalue weighted by molar-refractivity contribution is 7.98. The van der Waals surface area contributed by atoms with E-state index in [0.717, 1.165) is 17.8 Å². The first-order valence-electron chi connectivity index (χ1n) is 7.21. The quantitative estimate of drug-likeness (QED) is 0.703. The summed E-state index contributed by atoms with van der Waals surface area (Å²) in [5, 5.41) is 13.9. The molecular weight excluding hydrogens is 352 g/mol. The number of thioether (sulfide) groups is 1. The molecule has 6 nitrogen and oxygen atoms in total. The Labute approximate surface area is 144 Å². The molecule has 2 heterocycles. The number of carboxylic acid groups (broad SMARTS) is 1. The molecule has 3 aromatic rings. The van der Waals surface area contributed by atoms with Crippen LogP contribution in [-0.2, 0) is 24.1 Å². The third-order valence-corrected chi connectivity index (χ3v) is 4.64. The first-order valence-corrected chi connectivity index (χ1v) is 8.20. The number of aryl methyl sites for hydroxylation is 1. The van der Waals surface area contributed by atoms with E-state index < -0.39 is 24.1 Å². The molecule has 0 saturated carbocycles. The van der Waals surface area contributed by atoms with Crippen LogP contribution in [0.2, 0.25) is 0 Å². The topological polar surface area (TPSA) is 77.1 Å². The Morgan fingerprint density at radius 3 is 2.84 bits per heavy atom. The molecule has 0 saturated heterocycles. The van der Waals surface area contributed by atoms with Crippen LogP contribution in [0.5, 0.6) is 0 Å². The summed E-state index contributed by atoms with van der Waals surface area (Å²) in [4.78, 5) is 23.4. The van der Waals surface area contributed by atoms with Crippen LogP contribution in [0.25, 0.3) is 11.0 Å². The van der Waals surface area contributed by atoms with Crippen molar-refractivity contribution in [3.05, 3.63) is 57.9 Å². The number of carboxylic acids is 1. The van der Waals surface area contributed by atoms with Gasteiger partial charge in [-0.25, -0.2) is 8.78 Å². The van der Waals surface area contributed by atoms with Gasteiger partial charge < -0.3 is 9.67 Å². The zero-order valence-electron chi connectivity index (χ0n) is 13.1. The van der Waals surface area contributed by atoms with Crippen LogP contribution in [0, 0.1) is 11.6 Å². The molecule has 0 bridgehead atoms. The van der Waals surface area contributed by atoms with E-state index in [1.165, 1.54) is 33.6 Å². The van der Waals surface area contributed by atoms with Crippen LogP contribution in [-0.4, -0.2) is 25.4 Å². The minimum Gasteiger partial charge on any atom is -0.480 e. The average molecular weight is 365 g/mol. The molecule has 0 aliphatic carbocycles. The van der Waals surface area contributed by atoms with Crippen molar-refractivity contribution in [2.24, 2.45) is 7.05 Å². The first kappa shape index (κ1) is 17.2. The van der Waals surface area contributed by atoms with Crippen LogP contribution in [0.3, 0.4) is 0 Å². The second-order valence-electron chi connectivity index (χ2n) is 5.37. The largest absolute Gasteiger partial charge is 0.480 e. The highest BCUT2D eigenvalue weighted by Crippen LogP contribution is 2.26. The van der Waals surface area contributed by atoms with Crippen molar-refractivity contribution in [1.82, 2.24) is 14.3 Å². The van der Waals surface area contributed by atoms with Gasteiger partial charge in [0.25, 0.3) is 0 Å². The Hall–Kier alpha value is -2.68. The fourth-order valence-corrected chi connectivity index (χ4v) is 3.46. The molecule has 3 rings (SSSR count). The van der Waals surface area contributed by atoms with Gasteiger partial charge in [0.15, 0.2) is 22.7 Å². The summed E-state index contributed by atoms with van der Waals surface area (Å²) in [6.45, 7) is -0.401. The van der Waals surface area contributed by atoms with Gasteiger partial charge in [0, 0.05) is 30.6 Å². The lowest BCUT2D eigenvalue weighted by Gasteiger charge is -2.12. The van der Waals surface area contributed by atoms with Crippen molar-refractivity contribution < 1.29 is 18.7 Å². The maximum Gasteiger partial charge on any atom is 0.323 e. The Balaban J connectivity index is 2.04. The molecule has 0 amide bonds. The molecule has 0 unspecified atom stereocenters. The summed E-state index contributed by atoms with van der Waals surface area (Å²) >= 11 is 1.05. The molecule has 2 aromatic heterocycles.